The van der Waals surface area contributed by atoms with E-state index in [0.29, 0.717) is 11.4 Å². The molecule has 0 saturated carbocycles. The van der Waals surface area contributed by atoms with Crippen molar-refractivity contribution >= 4 is 5.97 Å². The van der Waals surface area contributed by atoms with Crippen molar-refractivity contribution < 1.29 is 14.6 Å². The second kappa shape index (κ2) is 5.94. The van der Waals surface area contributed by atoms with Gasteiger partial charge in [0, 0.05) is 12.7 Å². The minimum absolute atomic E-state index is 0.0449. The van der Waals surface area contributed by atoms with Gasteiger partial charge in [-0.25, -0.2) is 14.8 Å². The second-order valence-corrected chi connectivity index (χ2v) is 3.92. The van der Waals surface area contributed by atoms with E-state index in [1.54, 1.807) is 17.1 Å². The van der Waals surface area contributed by atoms with Crippen molar-refractivity contribution in [3.63, 3.8) is 0 Å². The van der Waals surface area contributed by atoms with E-state index in [-0.39, 0.29) is 12.2 Å². The van der Waals surface area contributed by atoms with Crippen LogP contribution in [0.2, 0.25) is 0 Å². The van der Waals surface area contributed by atoms with Gasteiger partial charge >= 0.3 is 5.97 Å². The molecule has 0 spiro atoms. The van der Waals surface area contributed by atoms with Gasteiger partial charge in [0.1, 0.15) is 18.5 Å². The summed E-state index contributed by atoms with van der Waals surface area (Å²) >= 11 is 0. The molecule has 19 heavy (non-hydrogen) atoms. The fourth-order valence-corrected chi connectivity index (χ4v) is 1.57. The third kappa shape index (κ3) is 3.27. The van der Waals surface area contributed by atoms with Crippen molar-refractivity contribution in [1.29, 1.82) is 0 Å². The summed E-state index contributed by atoms with van der Waals surface area (Å²) in [6.07, 6.45) is 6.90. The quantitative estimate of drug-likeness (QED) is 0.845. The highest BCUT2D eigenvalue weighted by Crippen LogP contribution is 2.12. The van der Waals surface area contributed by atoms with Crippen molar-refractivity contribution in [3.05, 3.63) is 36.2 Å². The Morgan fingerprint density at radius 3 is 3.05 bits per heavy atom. The van der Waals surface area contributed by atoms with Gasteiger partial charge in [0.15, 0.2) is 5.75 Å². The zero-order valence-corrected chi connectivity index (χ0v) is 10.5. The molecule has 2 heterocycles. The van der Waals surface area contributed by atoms with E-state index >= 15 is 0 Å². The molecule has 0 amide bonds. The van der Waals surface area contributed by atoms with Gasteiger partial charge in [-0.3, -0.25) is 4.68 Å². The molecular weight excluding hydrogens is 248 g/mol. The third-order valence-electron chi connectivity index (χ3n) is 2.46. The van der Waals surface area contributed by atoms with Gasteiger partial charge in [-0.2, -0.15) is 5.10 Å². The Balaban J connectivity index is 2.03. The van der Waals surface area contributed by atoms with Crippen molar-refractivity contribution in [2.24, 2.45) is 0 Å². The van der Waals surface area contributed by atoms with E-state index in [9.17, 15) is 4.79 Å². The minimum Gasteiger partial charge on any atom is -0.484 e. The van der Waals surface area contributed by atoms with Crippen LogP contribution in [0.4, 0.5) is 0 Å². The van der Waals surface area contributed by atoms with Crippen molar-refractivity contribution in [1.82, 2.24) is 19.7 Å². The molecule has 2 aromatic rings. The summed E-state index contributed by atoms with van der Waals surface area (Å²) in [6, 6.07) is 0. The standard InChI is InChI=1S/C12H14N4O3/c1-2-3-16-6-9(4-15-16)19-7-11-10(12(17)18)5-13-8-14-11/h4-6,8H,2-3,7H2,1H3,(H,17,18). The maximum absolute atomic E-state index is 11.0. The highest BCUT2D eigenvalue weighted by molar-refractivity contribution is 5.88. The molecule has 0 saturated heterocycles. The molecule has 2 rings (SSSR count). The first-order valence-electron chi connectivity index (χ1n) is 5.88. The van der Waals surface area contributed by atoms with Crippen LogP contribution in [0.25, 0.3) is 0 Å². The van der Waals surface area contributed by atoms with E-state index in [1.165, 1.54) is 12.5 Å². The zero-order chi connectivity index (χ0) is 13.7. The summed E-state index contributed by atoms with van der Waals surface area (Å²) in [6.45, 7) is 2.95. The number of aromatic nitrogens is 4. The van der Waals surface area contributed by atoms with Gasteiger partial charge in [0.25, 0.3) is 0 Å². The second-order valence-electron chi connectivity index (χ2n) is 3.92. The van der Waals surface area contributed by atoms with E-state index in [2.05, 4.69) is 22.0 Å². The molecule has 0 radical (unpaired) electrons. The number of hydrogen-bond donors (Lipinski definition) is 1. The number of aryl methyl sites for hydroxylation is 1. The fourth-order valence-electron chi connectivity index (χ4n) is 1.57. The molecule has 0 bridgehead atoms. The van der Waals surface area contributed by atoms with Crippen LogP contribution < -0.4 is 4.74 Å². The maximum atomic E-state index is 11.0. The molecule has 2 aromatic heterocycles. The summed E-state index contributed by atoms with van der Waals surface area (Å²) < 4.78 is 7.24. The van der Waals surface area contributed by atoms with Crippen molar-refractivity contribution in [3.8, 4) is 5.75 Å². The molecule has 100 valence electrons. The molecule has 0 aliphatic carbocycles. The van der Waals surface area contributed by atoms with Gasteiger partial charge in [0.05, 0.1) is 18.1 Å². The molecule has 0 aromatic carbocycles. The lowest BCUT2D eigenvalue weighted by atomic mass is 10.2. The van der Waals surface area contributed by atoms with Gasteiger partial charge in [-0.15, -0.1) is 0 Å². The molecule has 0 fully saturated rings. The Kier molecular flexibility index (Phi) is 4.07. The monoisotopic (exact) mass is 262 g/mol. The molecular formula is C12H14N4O3. The summed E-state index contributed by atoms with van der Waals surface area (Å²) in [4.78, 5) is 18.6. The molecule has 0 aliphatic rings. The van der Waals surface area contributed by atoms with Crippen LogP contribution in [-0.2, 0) is 13.2 Å². The number of ether oxygens (including phenoxy) is 1. The van der Waals surface area contributed by atoms with Crippen LogP contribution >= 0.6 is 0 Å². The Morgan fingerprint density at radius 2 is 2.32 bits per heavy atom. The maximum Gasteiger partial charge on any atom is 0.339 e. The van der Waals surface area contributed by atoms with Crippen molar-refractivity contribution in [2.75, 3.05) is 0 Å². The normalized spacial score (nSPS) is 10.4. The van der Waals surface area contributed by atoms with Crippen LogP contribution in [0.5, 0.6) is 5.75 Å². The summed E-state index contributed by atoms with van der Waals surface area (Å²) in [5.41, 5.74) is 0.384. The largest absolute Gasteiger partial charge is 0.484 e. The number of aromatic carboxylic acids is 1. The number of carboxylic acids is 1. The van der Waals surface area contributed by atoms with Crippen LogP contribution in [0.3, 0.4) is 0 Å². The lowest BCUT2D eigenvalue weighted by molar-refractivity contribution is 0.0692. The van der Waals surface area contributed by atoms with Gasteiger partial charge in [-0.05, 0) is 6.42 Å². The zero-order valence-electron chi connectivity index (χ0n) is 10.5. The Labute approximate surface area is 109 Å². The topological polar surface area (TPSA) is 90.1 Å². The summed E-state index contributed by atoms with van der Waals surface area (Å²) in [7, 11) is 0. The van der Waals surface area contributed by atoms with Crippen molar-refractivity contribution in [2.45, 2.75) is 26.5 Å². The molecule has 0 atom stereocenters. The number of rotatable bonds is 6. The van der Waals surface area contributed by atoms with E-state index < -0.39 is 5.97 Å². The SMILES string of the molecule is CCCn1cc(OCc2ncncc2C(=O)O)cn1. The average Bonchev–Trinajstić information content (AvgIpc) is 2.85. The lowest BCUT2D eigenvalue weighted by Crippen LogP contribution is -2.08. The molecule has 0 aliphatic heterocycles. The number of carbonyl (C=O) groups is 1. The predicted octanol–water partition coefficient (Wildman–Crippen LogP) is 1.36. The fraction of sp³-hybridized carbons (Fsp3) is 0.333. The van der Waals surface area contributed by atoms with Crippen LogP contribution in [0, 0.1) is 0 Å². The molecule has 7 nitrogen and oxygen atoms in total. The first kappa shape index (κ1) is 13.0. The third-order valence-corrected chi connectivity index (χ3v) is 2.46. The smallest absolute Gasteiger partial charge is 0.339 e. The molecule has 1 N–H and O–H groups in total. The minimum atomic E-state index is -1.07. The molecule has 7 heteroatoms. The Bertz CT molecular complexity index is 568. The summed E-state index contributed by atoms with van der Waals surface area (Å²) in [5, 5.41) is 13.1. The average molecular weight is 262 g/mol. The van der Waals surface area contributed by atoms with Crippen LogP contribution in [-0.4, -0.2) is 30.8 Å². The van der Waals surface area contributed by atoms with Gasteiger partial charge in [0.2, 0.25) is 0 Å². The predicted molar refractivity (Wildman–Crippen MR) is 65.8 cm³/mol. The number of carboxylic acid groups (broad SMARTS) is 1. The van der Waals surface area contributed by atoms with E-state index in [4.69, 9.17) is 9.84 Å². The van der Waals surface area contributed by atoms with Crippen LogP contribution in [0.15, 0.2) is 24.9 Å². The summed E-state index contributed by atoms with van der Waals surface area (Å²) in [5.74, 6) is -0.482. The van der Waals surface area contributed by atoms with E-state index in [1.807, 2.05) is 0 Å². The lowest BCUT2D eigenvalue weighted by Gasteiger charge is -2.05. The van der Waals surface area contributed by atoms with E-state index in [0.717, 1.165) is 13.0 Å². The first-order chi connectivity index (χ1) is 9.20. The number of hydrogen-bond acceptors (Lipinski definition) is 5. The molecule has 0 unspecified atom stereocenters. The Hall–Kier alpha value is -2.44. The van der Waals surface area contributed by atoms with Crippen LogP contribution in [0.1, 0.15) is 29.4 Å². The highest BCUT2D eigenvalue weighted by Gasteiger charge is 2.12. The highest BCUT2D eigenvalue weighted by atomic mass is 16.5. The first-order valence-corrected chi connectivity index (χ1v) is 5.88. The van der Waals surface area contributed by atoms with Gasteiger partial charge < -0.3 is 9.84 Å². The van der Waals surface area contributed by atoms with Gasteiger partial charge in [-0.1, -0.05) is 6.92 Å². The Morgan fingerprint density at radius 1 is 1.47 bits per heavy atom. The number of nitrogens with zero attached hydrogens (tertiary/aromatic N) is 4.